The number of nitrogens with zero attached hydrogens (tertiary/aromatic N) is 1. The number of hydrogen-bond acceptors (Lipinski definition) is 3. The van der Waals surface area contributed by atoms with Gasteiger partial charge in [-0.25, -0.2) is 0 Å². The quantitative estimate of drug-likeness (QED) is 0.856. The van der Waals surface area contributed by atoms with E-state index in [0.29, 0.717) is 0 Å². The van der Waals surface area contributed by atoms with Crippen molar-refractivity contribution in [3.8, 4) is 0 Å². The molecule has 108 valence electrons. The highest BCUT2D eigenvalue weighted by molar-refractivity contribution is 7.98. The van der Waals surface area contributed by atoms with Crippen LogP contribution in [0.3, 0.4) is 0 Å². The maximum atomic E-state index is 12.8. The fourth-order valence-corrected chi connectivity index (χ4v) is 3.85. The SMILES string of the molecule is CSCCC(C)N1C(=O)C2(CCCC2)NC(=O)C1C. The van der Waals surface area contributed by atoms with Crippen molar-refractivity contribution in [1.29, 1.82) is 0 Å². The molecule has 1 aliphatic carbocycles. The van der Waals surface area contributed by atoms with Crippen molar-refractivity contribution in [2.75, 3.05) is 12.0 Å². The number of amides is 2. The van der Waals surface area contributed by atoms with Crippen LogP contribution < -0.4 is 5.32 Å². The average Bonchev–Trinajstić information content (AvgIpc) is 2.84. The van der Waals surface area contributed by atoms with Crippen molar-refractivity contribution in [2.45, 2.75) is 63.6 Å². The molecule has 2 rings (SSSR count). The lowest BCUT2D eigenvalue weighted by Gasteiger charge is -2.46. The van der Waals surface area contributed by atoms with Crippen LogP contribution in [0.15, 0.2) is 0 Å². The summed E-state index contributed by atoms with van der Waals surface area (Å²) in [5.74, 6) is 1.18. The molecular weight excluding hydrogens is 260 g/mol. The lowest BCUT2D eigenvalue weighted by molar-refractivity contribution is -0.156. The van der Waals surface area contributed by atoms with Crippen molar-refractivity contribution < 1.29 is 9.59 Å². The first kappa shape index (κ1) is 14.7. The van der Waals surface area contributed by atoms with Crippen LogP contribution in [0, 0.1) is 0 Å². The Labute approximate surface area is 119 Å². The van der Waals surface area contributed by atoms with Gasteiger partial charge in [-0.1, -0.05) is 12.8 Å². The molecule has 2 amide bonds. The van der Waals surface area contributed by atoms with E-state index in [1.807, 2.05) is 11.8 Å². The minimum absolute atomic E-state index is 0.0116. The largest absolute Gasteiger partial charge is 0.340 e. The van der Waals surface area contributed by atoms with Gasteiger partial charge in [0, 0.05) is 6.04 Å². The standard InChI is InChI=1S/C14H24N2O2S/c1-10(6-9-19-3)16-11(2)12(17)15-14(13(16)18)7-4-5-8-14/h10-11H,4-9H2,1-3H3,(H,15,17). The Morgan fingerprint density at radius 1 is 1.42 bits per heavy atom. The van der Waals surface area contributed by atoms with Crippen molar-refractivity contribution >= 4 is 23.6 Å². The third-order valence-corrected chi connectivity index (χ3v) is 5.12. The Kier molecular flexibility index (Phi) is 4.43. The Morgan fingerprint density at radius 3 is 2.63 bits per heavy atom. The minimum atomic E-state index is -0.586. The van der Waals surface area contributed by atoms with Crippen LogP contribution in [-0.2, 0) is 9.59 Å². The fourth-order valence-electron chi connectivity index (χ4n) is 3.27. The smallest absolute Gasteiger partial charge is 0.249 e. The number of carbonyl (C=O) groups excluding carboxylic acids is 2. The Hall–Kier alpha value is -0.710. The molecule has 5 heteroatoms. The number of carbonyl (C=O) groups is 2. The van der Waals surface area contributed by atoms with Gasteiger partial charge in [-0.2, -0.15) is 11.8 Å². The van der Waals surface area contributed by atoms with Gasteiger partial charge in [0.1, 0.15) is 11.6 Å². The van der Waals surface area contributed by atoms with Crippen molar-refractivity contribution in [1.82, 2.24) is 10.2 Å². The van der Waals surface area contributed by atoms with E-state index in [4.69, 9.17) is 0 Å². The molecular formula is C14H24N2O2S. The highest BCUT2D eigenvalue weighted by atomic mass is 32.2. The van der Waals surface area contributed by atoms with E-state index in [0.717, 1.165) is 37.9 Å². The fraction of sp³-hybridized carbons (Fsp3) is 0.857. The molecule has 1 spiro atoms. The first-order chi connectivity index (χ1) is 9.02. The third-order valence-electron chi connectivity index (χ3n) is 4.47. The van der Waals surface area contributed by atoms with E-state index in [-0.39, 0.29) is 23.9 Å². The monoisotopic (exact) mass is 284 g/mol. The van der Waals surface area contributed by atoms with Crippen LogP contribution >= 0.6 is 11.8 Å². The van der Waals surface area contributed by atoms with Crippen LogP contribution in [0.4, 0.5) is 0 Å². The van der Waals surface area contributed by atoms with Gasteiger partial charge in [0.15, 0.2) is 0 Å². The zero-order chi connectivity index (χ0) is 14.0. The van der Waals surface area contributed by atoms with E-state index in [1.54, 1.807) is 11.8 Å². The maximum absolute atomic E-state index is 12.8. The lowest BCUT2D eigenvalue weighted by Crippen LogP contribution is -2.70. The summed E-state index contributed by atoms with van der Waals surface area (Å²) >= 11 is 1.78. The van der Waals surface area contributed by atoms with Gasteiger partial charge < -0.3 is 10.2 Å². The molecule has 19 heavy (non-hydrogen) atoms. The van der Waals surface area contributed by atoms with Gasteiger partial charge in [-0.15, -0.1) is 0 Å². The zero-order valence-electron chi connectivity index (χ0n) is 12.1. The first-order valence-electron chi connectivity index (χ1n) is 7.15. The summed E-state index contributed by atoms with van der Waals surface area (Å²) in [5.41, 5.74) is -0.586. The summed E-state index contributed by atoms with van der Waals surface area (Å²) in [4.78, 5) is 26.8. The molecule has 2 unspecified atom stereocenters. The molecule has 0 aromatic heterocycles. The summed E-state index contributed by atoms with van der Waals surface area (Å²) in [5, 5.41) is 3.00. The molecule has 4 nitrogen and oxygen atoms in total. The predicted octanol–water partition coefficient (Wildman–Crippen LogP) is 1.79. The second-order valence-electron chi connectivity index (χ2n) is 5.80. The molecule has 1 N–H and O–H groups in total. The molecule has 0 aromatic rings. The van der Waals surface area contributed by atoms with Gasteiger partial charge in [-0.3, -0.25) is 9.59 Å². The van der Waals surface area contributed by atoms with Crippen molar-refractivity contribution in [3.05, 3.63) is 0 Å². The summed E-state index contributed by atoms with van der Waals surface area (Å²) in [7, 11) is 0. The summed E-state index contributed by atoms with van der Waals surface area (Å²) in [6, 6.07) is -0.200. The van der Waals surface area contributed by atoms with Crippen LogP contribution in [0.5, 0.6) is 0 Å². The molecule has 1 heterocycles. The number of thioether (sulfide) groups is 1. The lowest BCUT2D eigenvalue weighted by atomic mass is 9.90. The van der Waals surface area contributed by atoms with E-state index in [1.165, 1.54) is 0 Å². The van der Waals surface area contributed by atoms with Crippen LogP contribution in [0.2, 0.25) is 0 Å². The van der Waals surface area contributed by atoms with E-state index < -0.39 is 5.54 Å². The van der Waals surface area contributed by atoms with E-state index in [9.17, 15) is 9.59 Å². The molecule has 2 atom stereocenters. The summed E-state index contributed by atoms with van der Waals surface area (Å²) in [6.45, 7) is 3.90. The summed E-state index contributed by atoms with van der Waals surface area (Å²) in [6.07, 6.45) is 6.69. The second kappa shape index (κ2) is 5.73. The molecule has 0 radical (unpaired) electrons. The number of hydrogen-bond donors (Lipinski definition) is 1. The normalized spacial score (nSPS) is 27.7. The van der Waals surface area contributed by atoms with E-state index in [2.05, 4.69) is 18.5 Å². The molecule has 2 aliphatic rings. The van der Waals surface area contributed by atoms with Crippen molar-refractivity contribution in [2.24, 2.45) is 0 Å². The van der Waals surface area contributed by atoms with Crippen LogP contribution in [0.1, 0.15) is 46.0 Å². The first-order valence-corrected chi connectivity index (χ1v) is 8.55. The highest BCUT2D eigenvalue weighted by Crippen LogP contribution is 2.35. The Morgan fingerprint density at radius 2 is 2.05 bits per heavy atom. The number of piperazine rings is 1. The molecule has 1 saturated heterocycles. The van der Waals surface area contributed by atoms with Crippen molar-refractivity contribution in [3.63, 3.8) is 0 Å². The number of rotatable bonds is 4. The minimum Gasteiger partial charge on any atom is -0.340 e. The van der Waals surface area contributed by atoms with E-state index >= 15 is 0 Å². The van der Waals surface area contributed by atoms with Gasteiger partial charge in [0.05, 0.1) is 0 Å². The van der Waals surface area contributed by atoms with Gasteiger partial charge in [0.25, 0.3) is 0 Å². The average molecular weight is 284 g/mol. The van der Waals surface area contributed by atoms with Crippen LogP contribution in [0.25, 0.3) is 0 Å². The molecule has 1 aliphatic heterocycles. The Bertz CT molecular complexity index is 366. The zero-order valence-corrected chi connectivity index (χ0v) is 12.9. The molecule has 1 saturated carbocycles. The second-order valence-corrected chi connectivity index (χ2v) is 6.78. The molecule has 0 bridgehead atoms. The Balaban J connectivity index is 2.19. The van der Waals surface area contributed by atoms with Gasteiger partial charge in [-0.05, 0) is 45.1 Å². The molecule has 0 aromatic carbocycles. The summed E-state index contributed by atoms with van der Waals surface area (Å²) < 4.78 is 0. The highest BCUT2D eigenvalue weighted by Gasteiger charge is 2.51. The third kappa shape index (κ3) is 2.62. The number of nitrogens with one attached hydrogen (secondary N) is 1. The maximum Gasteiger partial charge on any atom is 0.249 e. The topological polar surface area (TPSA) is 49.4 Å². The molecule has 2 fully saturated rings. The van der Waals surface area contributed by atoms with Crippen LogP contribution in [-0.4, -0.2) is 46.3 Å². The predicted molar refractivity (Wildman–Crippen MR) is 78.1 cm³/mol. The van der Waals surface area contributed by atoms with Gasteiger partial charge >= 0.3 is 0 Å². The van der Waals surface area contributed by atoms with Gasteiger partial charge in [0.2, 0.25) is 11.8 Å².